The van der Waals surface area contributed by atoms with Crippen molar-refractivity contribution >= 4 is 22.7 Å². The van der Waals surface area contributed by atoms with Gasteiger partial charge in [0.1, 0.15) is 30.1 Å². The van der Waals surface area contributed by atoms with Crippen LogP contribution in [0.2, 0.25) is 0 Å². The second kappa shape index (κ2) is 7.77. The van der Waals surface area contributed by atoms with Crippen molar-refractivity contribution in [2.24, 2.45) is 0 Å². The molecular formula is C23H16FN3O. The number of aromatic nitrogens is 2. The molecule has 0 saturated heterocycles. The summed E-state index contributed by atoms with van der Waals surface area (Å²) in [4.78, 5) is 7.35. The fraction of sp³-hybridized carbons (Fsp3) is 0.0435. The molecule has 5 heteroatoms. The van der Waals surface area contributed by atoms with Gasteiger partial charge in [-0.15, -0.1) is 0 Å². The third-order valence-electron chi connectivity index (χ3n) is 4.26. The molecule has 4 nitrogen and oxygen atoms in total. The summed E-state index contributed by atoms with van der Waals surface area (Å²) in [6, 6.07) is 23.8. The van der Waals surface area contributed by atoms with Gasteiger partial charge in [-0.1, -0.05) is 42.5 Å². The Morgan fingerprint density at radius 1 is 1.07 bits per heavy atom. The van der Waals surface area contributed by atoms with E-state index in [1.54, 1.807) is 12.1 Å². The number of hydrogen-bond acceptors (Lipinski definition) is 3. The number of nitrogens with one attached hydrogen (secondary N) is 1. The molecule has 0 aliphatic heterocycles. The van der Waals surface area contributed by atoms with Crippen molar-refractivity contribution in [2.45, 2.75) is 6.61 Å². The quantitative estimate of drug-likeness (QED) is 0.483. The summed E-state index contributed by atoms with van der Waals surface area (Å²) in [5, 5.41) is 9.51. The Bertz CT molecular complexity index is 1170. The number of allylic oxidation sites excluding steroid dienone is 1. The van der Waals surface area contributed by atoms with E-state index >= 15 is 0 Å². The zero-order valence-electron chi connectivity index (χ0n) is 14.9. The van der Waals surface area contributed by atoms with Crippen LogP contribution in [0, 0.1) is 17.1 Å². The molecule has 136 valence electrons. The van der Waals surface area contributed by atoms with Gasteiger partial charge >= 0.3 is 0 Å². The number of ether oxygens (including phenoxy) is 1. The maximum Gasteiger partial charge on any atom is 0.149 e. The Kier molecular flexibility index (Phi) is 4.85. The van der Waals surface area contributed by atoms with Gasteiger partial charge < -0.3 is 9.72 Å². The van der Waals surface area contributed by atoms with Gasteiger partial charge in [0.05, 0.1) is 16.6 Å². The average Bonchev–Trinajstić information content (AvgIpc) is 3.15. The third kappa shape index (κ3) is 3.92. The number of imidazole rings is 1. The standard InChI is InChI=1S/C23H16FN3O/c24-19-8-11-21-22(13-19)27-23(26-21)18(14-25)12-16-6-9-20(10-7-16)28-15-17-4-2-1-3-5-17/h1-13H,15H2,(H,26,27)/b18-12-. The van der Waals surface area contributed by atoms with E-state index in [2.05, 4.69) is 16.0 Å². The lowest BCUT2D eigenvalue weighted by Gasteiger charge is -2.06. The van der Waals surface area contributed by atoms with E-state index in [9.17, 15) is 9.65 Å². The fourth-order valence-corrected chi connectivity index (χ4v) is 2.83. The van der Waals surface area contributed by atoms with E-state index in [0.29, 0.717) is 29.0 Å². The lowest BCUT2D eigenvalue weighted by Crippen LogP contribution is -1.94. The third-order valence-corrected chi connectivity index (χ3v) is 4.26. The number of nitrogens with zero attached hydrogens (tertiary/aromatic N) is 2. The van der Waals surface area contributed by atoms with Crippen LogP contribution in [0.15, 0.2) is 72.8 Å². The van der Waals surface area contributed by atoms with Crippen molar-refractivity contribution in [2.75, 3.05) is 0 Å². The van der Waals surface area contributed by atoms with Gasteiger partial charge in [0, 0.05) is 0 Å². The highest BCUT2D eigenvalue weighted by atomic mass is 19.1. The molecular weight excluding hydrogens is 353 g/mol. The Hall–Kier alpha value is -3.91. The highest BCUT2D eigenvalue weighted by Gasteiger charge is 2.09. The predicted octanol–water partition coefficient (Wildman–Crippen LogP) is 5.35. The van der Waals surface area contributed by atoms with Gasteiger partial charge in [-0.25, -0.2) is 9.37 Å². The summed E-state index contributed by atoms with van der Waals surface area (Å²) in [6.45, 7) is 0.495. The van der Waals surface area contributed by atoms with Crippen LogP contribution in [0.4, 0.5) is 4.39 Å². The molecule has 0 saturated carbocycles. The molecule has 0 aliphatic rings. The minimum atomic E-state index is -0.351. The van der Waals surface area contributed by atoms with Crippen molar-refractivity contribution in [3.8, 4) is 11.8 Å². The van der Waals surface area contributed by atoms with Crippen LogP contribution in [0.5, 0.6) is 5.75 Å². The molecule has 0 bridgehead atoms. The van der Waals surface area contributed by atoms with Crippen molar-refractivity contribution in [3.63, 3.8) is 0 Å². The zero-order chi connectivity index (χ0) is 19.3. The van der Waals surface area contributed by atoms with Crippen LogP contribution < -0.4 is 4.74 Å². The lowest BCUT2D eigenvalue weighted by atomic mass is 10.1. The number of halogens is 1. The van der Waals surface area contributed by atoms with Crippen LogP contribution in [-0.4, -0.2) is 9.97 Å². The van der Waals surface area contributed by atoms with E-state index < -0.39 is 0 Å². The Morgan fingerprint density at radius 3 is 2.61 bits per heavy atom. The van der Waals surface area contributed by atoms with Crippen LogP contribution in [0.25, 0.3) is 22.7 Å². The van der Waals surface area contributed by atoms with Crippen LogP contribution in [-0.2, 0) is 6.61 Å². The highest BCUT2D eigenvalue weighted by Crippen LogP contribution is 2.21. The second-order valence-electron chi connectivity index (χ2n) is 6.26. The molecule has 0 unspecified atom stereocenters. The Labute approximate surface area is 161 Å². The summed E-state index contributed by atoms with van der Waals surface area (Å²) in [7, 11) is 0. The van der Waals surface area contributed by atoms with Crippen LogP contribution in [0.3, 0.4) is 0 Å². The predicted molar refractivity (Wildman–Crippen MR) is 107 cm³/mol. The molecule has 0 amide bonds. The molecule has 0 aliphatic carbocycles. The zero-order valence-corrected chi connectivity index (χ0v) is 14.9. The lowest BCUT2D eigenvalue weighted by molar-refractivity contribution is 0.306. The molecule has 0 spiro atoms. The first-order chi connectivity index (χ1) is 13.7. The smallest absolute Gasteiger partial charge is 0.149 e. The molecule has 4 aromatic rings. The van der Waals surface area contributed by atoms with Crippen molar-refractivity contribution < 1.29 is 9.13 Å². The molecule has 0 radical (unpaired) electrons. The fourth-order valence-electron chi connectivity index (χ4n) is 2.83. The SMILES string of the molecule is N#C/C(=C/c1ccc(OCc2ccccc2)cc1)c1nc2ccc(F)cc2[nH]1. The minimum absolute atomic E-state index is 0.351. The summed E-state index contributed by atoms with van der Waals surface area (Å²) >= 11 is 0. The monoisotopic (exact) mass is 369 g/mol. The number of fused-ring (bicyclic) bond motifs is 1. The van der Waals surface area contributed by atoms with Crippen molar-refractivity contribution in [3.05, 3.63) is 95.6 Å². The van der Waals surface area contributed by atoms with Crippen molar-refractivity contribution in [1.82, 2.24) is 9.97 Å². The summed E-state index contributed by atoms with van der Waals surface area (Å²) in [5.41, 5.74) is 3.48. The van der Waals surface area contributed by atoms with Gasteiger partial charge in [0.25, 0.3) is 0 Å². The molecule has 4 rings (SSSR count). The number of benzene rings is 3. The van der Waals surface area contributed by atoms with Gasteiger partial charge in [0.2, 0.25) is 0 Å². The Morgan fingerprint density at radius 2 is 1.86 bits per heavy atom. The van der Waals surface area contributed by atoms with Gasteiger partial charge in [-0.05, 0) is 47.5 Å². The van der Waals surface area contributed by atoms with Crippen LogP contribution in [0.1, 0.15) is 17.0 Å². The Balaban J connectivity index is 1.52. The molecule has 1 aromatic heterocycles. The van der Waals surface area contributed by atoms with Crippen molar-refractivity contribution in [1.29, 1.82) is 5.26 Å². The van der Waals surface area contributed by atoms with E-state index in [1.165, 1.54) is 12.1 Å². The van der Waals surface area contributed by atoms with Gasteiger partial charge in [-0.3, -0.25) is 0 Å². The van der Waals surface area contributed by atoms with E-state index in [4.69, 9.17) is 4.74 Å². The first-order valence-corrected chi connectivity index (χ1v) is 8.75. The number of H-pyrrole nitrogens is 1. The molecule has 0 fully saturated rings. The highest BCUT2D eigenvalue weighted by molar-refractivity contribution is 5.90. The maximum absolute atomic E-state index is 13.3. The number of aromatic amines is 1. The molecule has 0 atom stereocenters. The first-order valence-electron chi connectivity index (χ1n) is 8.75. The topological polar surface area (TPSA) is 61.7 Å². The normalized spacial score (nSPS) is 11.4. The van der Waals surface area contributed by atoms with Gasteiger partial charge in [0.15, 0.2) is 0 Å². The van der Waals surface area contributed by atoms with E-state index in [1.807, 2.05) is 54.6 Å². The van der Waals surface area contributed by atoms with E-state index in [-0.39, 0.29) is 5.82 Å². The van der Waals surface area contributed by atoms with Crippen LogP contribution >= 0.6 is 0 Å². The maximum atomic E-state index is 13.3. The van der Waals surface area contributed by atoms with Gasteiger partial charge in [-0.2, -0.15) is 5.26 Å². The molecule has 3 aromatic carbocycles. The largest absolute Gasteiger partial charge is 0.489 e. The number of rotatable bonds is 5. The molecule has 1 heterocycles. The summed E-state index contributed by atoms with van der Waals surface area (Å²) in [5.74, 6) is 0.808. The number of nitriles is 1. The average molecular weight is 369 g/mol. The molecule has 28 heavy (non-hydrogen) atoms. The summed E-state index contributed by atoms with van der Waals surface area (Å²) in [6.07, 6.45) is 1.73. The second-order valence-corrected chi connectivity index (χ2v) is 6.26. The first kappa shape index (κ1) is 17.5. The minimum Gasteiger partial charge on any atom is -0.489 e. The summed E-state index contributed by atoms with van der Waals surface area (Å²) < 4.78 is 19.1. The van der Waals surface area contributed by atoms with E-state index in [0.717, 1.165) is 16.9 Å². The molecule has 1 N–H and O–H groups in total. The number of hydrogen-bond donors (Lipinski definition) is 1.